The number of hydrazone groups is 1. The van der Waals surface area contributed by atoms with E-state index in [2.05, 4.69) is 10.5 Å². The van der Waals surface area contributed by atoms with Crippen molar-refractivity contribution in [1.82, 2.24) is 5.43 Å². The molecule has 0 aliphatic carbocycles. The molecule has 0 aliphatic heterocycles. The molecule has 2 aromatic rings. The van der Waals surface area contributed by atoms with Gasteiger partial charge in [-0.25, -0.2) is 5.43 Å². The van der Waals surface area contributed by atoms with Gasteiger partial charge in [0.25, 0.3) is 11.6 Å². The van der Waals surface area contributed by atoms with Crippen LogP contribution in [0.15, 0.2) is 59.7 Å². The molecule has 0 unspecified atom stereocenters. The Morgan fingerprint density at radius 2 is 1.95 bits per heavy atom. The Morgan fingerprint density at radius 1 is 1.18 bits per heavy atom. The van der Waals surface area contributed by atoms with Gasteiger partial charge in [-0.1, -0.05) is 36.4 Å². The van der Waals surface area contributed by atoms with Gasteiger partial charge in [0.2, 0.25) is 0 Å². The number of nitrogens with one attached hydrogen (secondary N) is 1. The maximum Gasteiger partial charge on any atom is 0.271 e. The van der Waals surface area contributed by atoms with Gasteiger partial charge in [0.15, 0.2) is 0 Å². The van der Waals surface area contributed by atoms with E-state index >= 15 is 0 Å². The second kappa shape index (κ2) is 7.68. The predicted octanol–water partition coefficient (Wildman–Crippen LogP) is 2.94. The van der Waals surface area contributed by atoms with E-state index < -0.39 is 10.8 Å². The monoisotopic (exact) mass is 297 g/mol. The summed E-state index contributed by atoms with van der Waals surface area (Å²) in [5, 5.41) is 14.5. The van der Waals surface area contributed by atoms with Crippen molar-refractivity contribution in [3.8, 4) is 0 Å². The molecule has 112 valence electrons. The lowest BCUT2D eigenvalue weighted by atomic mass is 10.1. The number of aryl methyl sites for hydroxylation is 1. The van der Waals surface area contributed by atoms with Crippen LogP contribution in [0.25, 0.3) is 0 Å². The van der Waals surface area contributed by atoms with E-state index in [1.165, 1.54) is 29.8 Å². The molecule has 0 radical (unpaired) electrons. The Labute approximate surface area is 127 Å². The molecule has 1 N–H and O–H groups in total. The zero-order chi connectivity index (χ0) is 15.8. The molecule has 6 nitrogen and oxygen atoms in total. The minimum Gasteiger partial charge on any atom is -0.267 e. The highest BCUT2D eigenvalue weighted by Crippen LogP contribution is 2.12. The number of amides is 1. The first-order chi connectivity index (χ1) is 10.7. The van der Waals surface area contributed by atoms with Crippen molar-refractivity contribution in [2.75, 3.05) is 0 Å². The first kappa shape index (κ1) is 15.4. The Bertz CT molecular complexity index is 684. The van der Waals surface area contributed by atoms with E-state index in [4.69, 9.17) is 0 Å². The summed E-state index contributed by atoms with van der Waals surface area (Å²) in [5.41, 5.74) is 3.63. The lowest BCUT2D eigenvalue weighted by Gasteiger charge is -2.00. The molecule has 2 aromatic carbocycles. The van der Waals surface area contributed by atoms with Crippen LogP contribution in [0.1, 0.15) is 22.3 Å². The number of hydrogen-bond acceptors (Lipinski definition) is 4. The molecular formula is C16H15N3O3. The molecular weight excluding hydrogens is 282 g/mol. The summed E-state index contributed by atoms with van der Waals surface area (Å²) in [5.74, 6) is -0.473. The molecule has 22 heavy (non-hydrogen) atoms. The fourth-order valence-electron chi connectivity index (χ4n) is 1.87. The second-order valence-corrected chi connectivity index (χ2v) is 4.58. The van der Waals surface area contributed by atoms with Crippen LogP contribution < -0.4 is 5.43 Å². The molecule has 6 heteroatoms. The van der Waals surface area contributed by atoms with Gasteiger partial charge in [0.05, 0.1) is 4.92 Å². The van der Waals surface area contributed by atoms with Gasteiger partial charge in [-0.05, 0) is 24.5 Å². The Kier molecular flexibility index (Phi) is 5.37. The summed E-state index contributed by atoms with van der Waals surface area (Å²) in [6.07, 6.45) is 3.14. The number of non-ortho nitro benzene ring substituents is 1. The van der Waals surface area contributed by atoms with Gasteiger partial charge in [-0.3, -0.25) is 14.9 Å². The average molecular weight is 297 g/mol. The molecule has 0 aromatic heterocycles. The fraction of sp³-hybridized carbons (Fsp3) is 0.125. The Hall–Kier alpha value is -3.02. The molecule has 0 saturated carbocycles. The van der Waals surface area contributed by atoms with Crippen molar-refractivity contribution in [3.63, 3.8) is 0 Å². The normalized spacial score (nSPS) is 10.5. The molecule has 2 rings (SSSR count). The molecule has 0 fully saturated rings. The average Bonchev–Trinajstić information content (AvgIpc) is 2.55. The molecule has 0 bridgehead atoms. The standard InChI is InChI=1S/C16H15N3O3/c20-16(14-9-4-10-15(12-14)19(21)22)18-17-11-5-8-13-6-2-1-3-7-13/h1-4,6-7,9-12H,5,8H2,(H,18,20)/b17-11+. The maximum absolute atomic E-state index is 11.8. The third-order valence-electron chi connectivity index (χ3n) is 2.98. The highest BCUT2D eigenvalue weighted by Gasteiger charge is 2.10. The van der Waals surface area contributed by atoms with Gasteiger partial charge in [0.1, 0.15) is 0 Å². The molecule has 0 aliphatic rings. The summed E-state index contributed by atoms with van der Waals surface area (Å²) in [6.45, 7) is 0. The van der Waals surface area contributed by atoms with E-state index in [1.807, 2.05) is 30.3 Å². The molecule has 0 spiro atoms. The van der Waals surface area contributed by atoms with Gasteiger partial charge in [0, 0.05) is 23.9 Å². The third kappa shape index (κ3) is 4.52. The van der Waals surface area contributed by atoms with Gasteiger partial charge >= 0.3 is 0 Å². The highest BCUT2D eigenvalue weighted by molar-refractivity contribution is 5.94. The summed E-state index contributed by atoms with van der Waals surface area (Å²) >= 11 is 0. The number of carbonyl (C=O) groups excluding carboxylic acids is 1. The van der Waals surface area contributed by atoms with Crippen LogP contribution in [0.5, 0.6) is 0 Å². The number of carbonyl (C=O) groups is 1. The fourth-order valence-corrected chi connectivity index (χ4v) is 1.87. The predicted molar refractivity (Wildman–Crippen MR) is 83.8 cm³/mol. The van der Waals surface area contributed by atoms with Crippen molar-refractivity contribution < 1.29 is 9.72 Å². The third-order valence-corrected chi connectivity index (χ3v) is 2.98. The molecule has 0 heterocycles. The number of nitrogens with zero attached hydrogens (tertiary/aromatic N) is 2. The second-order valence-electron chi connectivity index (χ2n) is 4.58. The Morgan fingerprint density at radius 3 is 2.68 bits per heavy atom. The van der Waals surface area contributed by atoms with Crippen LogP contribution in [-0.2, 0) is 6.42 Å². The molecule has 0 saturated heterocycles. The summed E-state index contributed by atoms with van der Waals surface area (Å²) in [4.78, 5) is 21.9. The van der Waals surface area contributed by atoms with Crippen molar-refractivity contribution in [2.45, 2.75) is 12.8 Å². The number of nitro groups is 1. The Balaban J connectivity index is 1.83. The number of rotatable bonds is 6. The van der Waals surface area contributed by atoms with E-state index in [0.29, 0.717) is 6.42 Å². The van der Waals surface area contributed by atoms with Crippen LogP contribution in [0.3, 0.4) is 0 Å². The van der Waals surface area contributed by atoms with Crippen LogP contribution >= 0.6 is 0 Å². The number of hydrogen-bond donors (Lipinski definition) is 1. The van der Waals surface area contributed by atoms with E-state index in [9.17, 15) is 14.9 Å². The van der Waals surface area contributed by atoms with Gasteiger partial charge in [-0.2, -0.15) is 5.10 Å². The lowest BCUT2D eigenvalue weighted by molar-refractivity contribution is -0.384. The van der Waals surface area contributed by atoms with Crippen LogP contribution in [0.4, 0.5) is 5.69 Å². The zero-order valence-electron chi connectivity index (χ0n) is 11.8. The minimum atomic E-state index is -0.542. The van der Waals surface area contributed by atoms with E-state index in [1.54, 1.807) is 6.21 Å². The maximum atomic E-state index is 11.8. The van der Waals surface area contributed by atoms with Crippen molar-refractivity contribution in [2.24, 2.45) is 5.10 Å². The zero-order valence-corrected chi connectivity index (χ0v) is 11.8. The minimum absolute atomic E-state index is 0.124. The number of benzene rings is 2. The summed E-state index contributed by atoms with van der Waals surface area (Å²) in [7, 11) is 0. The first-order valence-electron chi connectivity index (χ1n) is 6.77. The molecule has 0 atom stereocenters. The van der Waals surface area contributed by atoms with Gasteiger partial charge in [-0.15, -0.1) is 0 Å². The van der Waals surface area contributed by atoms with E-state index in [0.717, 1.165) is 6.42 Å². The summed E-state index contributed by atoms with van der Waals surface area (Å²) in [6, 6.07) is 15.5. The largest absolute Gasteiger partial charge is 0.271 e. The van der Waals surface area contributed by atoms with Crippen LogP contribution in [0.2, 0.25) is 0 Å². The van der Waals surface area contributed by atoms with Crippen molar-refractivity contribution in [3.05, 3.63) is 75.8 Å². The lowest BCUT2D eigenvalue weighted by Crippen LogP contribution is -2.17. The van der Waals surface area contributed by atoms with Crippen molar-refractivity contribution in [1.29, 1.82) is 0 Å². The van der Waals surface area contributed by atoms with E-state index in [-0.39, 0.29) is 11.3 Å². The highest BCUT2D eigenvalue weighted by atomic mass is 16.6. The first-order valence-corrected chi connectivity index (χ1v) is 6.77. The molecule has 1 amide bonds. The van der Waals surface area contributed by atoms with Crippen molar-refractivity contribution >= 4 is 17.8 Å². The van der Waals surface area contributed by atoms with Crippen LogP contribution in [0, 0.1) is 10.1 Å². The SMILES string of the molecule is O=C(N/N=C/CCc1ccccc1)c1cccc([N+](=O)[O-])c1. The topological polar surface area (TPSA) is 84.6 Å². The smallest absolute Gasteiger partial charge is 0.267 e. The summed E-state index contributed by atoms with van der Waals surface area (Å²) < 4.78 is 0. The van der Waals surface area contributed by atoms with Crippen LogP contribution in [-0.4, -0.2) is 17.0 Å². The quantitative estimate of drug-likeness (QED) is 0.505. The number of nitro benzene ring substituents is 1. The van der Waals surface area contributed by atoms with Gasteiger partial charge < -0.3 is 0 Å².